The van der Waals surface area contributed by atoms with Crippen LogP contribution < -0.4 is 5.73 Å². The molecule has 0 atom stereocenters. The number of anilines is 1. The summed E-state index contributed by atoms with van der Waals surface area (Å²) in [5.74, 6) is 1.10. The smallest absolute Gasteiger partial charge is 0.157 e. The van der Waals surface area contributed by atoms with Crippen molar-refractivity contribution in [1.82, 2.24) is 9.97 Å². The lowest BCUT2D eigenvalue weighted by Crippen LogP contribution is -2.04. The van der Waals surface area contributed by atoms with Gasteiger partial charge in [0.25, 0.3) is 0 Å². The van der Waals surface area contributed by atoms with Gasteiger partial charge in [0.05, 0.1) is 5.69 Å². The van der Waals surface area contributed by atoms with Crippen LogP contribution in [0.5, 0.6) is 0 Å². The molecule has 19 heavy (non-hydrogen) atoms. The summed E-state index contributed by atoms with van der Waals surface area (Å²) in [6, 6.07) is 7.97. The Balaban J connectivity index is 2.44. The number of aryl methyl sites for hydroxylation is 1. The van der Waals surface area contributed by atoms with Crippen LogP contribution in [0.25, 0.3) is 11.3 Å². The Bertz CT molecular complexity index is 582. The minimum Gasteiger partial charge on any atom is -0.384 e. The first-order valence-corrected chi connectivity index (χ1v) is 6.39. The minimum atomic E-state index is 0.388. The van der Waals surface area contributed by atoms with Crippen molar-refractivity contribution >= 4 is 5.82 Å². The first-order valence-electron chi connectivity index (χ1n) is 6.39. The van der Waals surface area contributed by atoms with E-state index in [0.717, 1.165) is 11.3 Å². The Morgan fingerprint density at radius 3 is 2.74 bits per heavy atom. The van der Waals surface area contributed by atoms with Gasteiger partial charge in [-0.25, -0.2) is 9.97 Å². The van der Waals surface area contributed by atoms with Crippen molar-refractivity contribution in [1.29, 1.82) is 0 Å². The van der Waals surface area contributed by atoms with E-state index in [1.807, 2.05) is 13.0 Å². The van der Waals surface area contributed by atoms with Crippen molar-refractivity contribution in [2.24, 2.45) is 0 Å². The molecule has 2 N–H and O–H groups in total. The van der Waals surface area contributed by atoms with E-state index in [0.29, 0.717) is 24.9 Å². The van der Waals surface area contributed by atoms with Gasteiger partial charge in [0, 0.05) is 18.2 Å². The molecular formula is C15H19N3O. The lowest BCUT2D eigenvalue weighted by molar-refractivity contribution is 0.128. The highest BCUT2D eigenvalue weighted by Gasteiger charge is 2.08. The van der Waals surface area contributed by atoms with Crippen LogP contribution in [0.15, 0.2) is 24.3 Å². The van der Waals surface area contributed by atoms with Gasteiger partial charge in [0.1, 0.15) is 12.4 Å². The van der Waals surface area contributed by atoms with Gasteiger partial charge >= 0.3 is 0 Å². The third-order valence-corrected chi connectivity index (χ3v) is 3.11. The minimum absolute atomic E-state index is 0.388. The summed E-state index contributed by atoms with van der Waals surface area (Å²) in [7, 11) is 0. The van der Waals surface area contributed by atoms with Gasteiger partial charge in [0.2, 0.25) is 0 Å². The summed E-state index contributed by atoms with van der Waals surface area (Å²) in [6.45, 7) is 7.14. The number of ether oxygens (including phenoxy) is 1. The van der Waals surface area contributed by atoms with Gasteiger partial charge in [-0.3, -0.25) is 0 Å². The molecule has 1 aromatic heterocycles. The SMILES string of the molecule is CCOCc1nc(N)cc(-c2cccc(C)c2C)n1. The summed E-state index contributed by atoms with van der Waals surface area (Å²) in [6.07, 6.45) is 0. The quantitative estimate of drug-likeness (QED) is 0.914. The largest absolute Gasteiger partial charge is 0.384 e. The second-order valence-corrected chi connectivity index (χ2v) is 4.48. The number of hydrogen-bond acceptors (Lipinski definition) is 4. The zero-order valence-electron chi connectivity index (χ0n) is 11.6. The van der Waals surface area contributed by atoms with Crippen LogP contribution in [0.3, 0.4) is 0 Å². The topological polar surface area (TPSA) is 61.0 Å². The maximum absolute atomic E-state index is 5.85. The Kier molecular flexibility index (Phi) is 4.12. The molecule has 0 radical (unpaired) electrons. The van der Waals surface area contributed by atoms with E-state index >= 15 is 0 Å². The van der Waals surface area contributed by atoms with Crippen LogP contribution in [0.1, 0.15) is 23.9 Å². The maximum Gasteiger partial charge on any atom is 0.157 e. The van der Waals surface area contributed by atoms with Crippen LogP contribution in [-0.2, 0) is 11.3 Å². The molecule has 0 bridgehead atoms. The molecule has 4 heteroatoms. The van der Waals surface area contributed by atoms with Crippen molar-refractivity contribution in [2.45, 2.75) is 27.4 Å². The van der Waals surface area contributed by atoms with E-state index in [9.17, 15) is 0 Å². The maximum atomic E-state index is 5.85. The standard InChI is InChI=1S/C15H19N3O/c1-4-19-9-15-17-13(8-14(16)18-15)12-7-5-6-10(2)11(12)3/h5-8H,4,9H2,1-3H3,(H2,16,17,18). The van der Waals surface area contributed by atoms with Crippen LogP contribution in [-0.4, -0.2) is 16.6 Å². The summed E-state index contributed by atoms with van der Waals surface area (Å²) in [5, 5.41) is 0. The summed E-state index contributed by atoms with van der Waals surface area (Å²) in [4.78, 5) is 8.72. The molecule has 100 valence electrons. The predicted octanol–water partition coefficient (Wildman–Crippen LogP) is 2.88. The molecule has 0 spiro atoms. The van der Waals surface area contributed by atoms with E-state index < -0.39 is 0 Å². The summed E-state index contributed by atoms with van der Waals surface area (Å²) in [5.41, 5.74) is 10.2. The molecule has 0 aliphatic rings. The number of nitrogen functional groups attached to an aromatic ring is 1. The van der Waals surface area contributed by atoms with E-state index in [1.165, 1.54) is 11.1 Å². The van der Waals surface area contributed by atoms with Crippen LogP contribution in [0, 0.1) is 13.8 Å². The number of nitrogens with zero attached hydrogens (tertiary/aromatic N) is 2. The number of rotatable bonds is 4. The third-order valence-electron chi connectivity index (χ3n) is 3.11. The highest BCUT2D eigenvalue weighted by atomic mass is 16.5. The van der Waals surface area contributed by atoms with Crippen LogP contribution in [0.2, 0.25) is 0 Å². The fraction of sp³-hybridized carbons (Fsp3) is 0.333. The number of benzene rings is 1. The molecule has 0 aliphatic heterocycles. The highest BCUT2D eigenvalue weighted by Crippen LogP contribution is 2.24. The lowest BCUT2D eigenvalue weighted by Gasteiger charge is -2.10. The van der Waals surface area contributed by atoms with Gasteiger partial charge in [-0.05, 0) is 31.9 Å². The summed E-state index contributed by atoms with van der Waals surface area (Å²) >= 11 is 0. The summed E-state index contributed by atoms with van der Waals surface area (Å²) < 4.78 is 5.34. The second-order valence-electron chi connectivity index (χ2n) is 4.48. The Morgan fingerprint density at radius 2 is 2.00 bits per heavy atom. The van der Waals surface area contributed by atoms with Crippen LogP contribution >= 0.6 is 0 Å². The van der Waals surface area contributed by atoms with Gasteiger partial charge in [-0.15, -0.1) is 0 Å². The molecular weight excluding hydrogens is 238 g/mol. The number of hydrogen-bond donors (Lipinski definition) is 1. The van der Waals surface area contributed by atoms with Crippen molar-refractivity contribution in [3.63, 3.8) is 0 Å². The average molecular weight is 257 g/mol. The van der Waals surface area contributed by atoms with Gasteiger partial charge in [-0.1, -0.05) is 18.2 Å². The van der Waals surface area contributed by atoms with Crippen molar-refractivity contribution in [2.75, 3.05) is 12.3 Å². The molecule has 2 aromatic rings. The van der Waals surface area contributed by atoms with E-state index in [-0.39, 0.29) is 0 Å². The van der Waals surface area contributed by atoms with Crippen molar-refractivity contribution < 1.29 is 4.74 Å². The number of aromatic nitrogens is 2. The molecule has 0 saturated carbocycles. The molecule has 0 saturated heterocycles. The fourth-order valence-corrected chi connectivity index (χ4v) is 1.94. The van der Waals surface area contributed by atoms with Crippen LogP contribution in [0.4, 0.5) is 5.82 Å². The van der Waals surface area contributed by atoms with E-state index in [2.05, 4.69) is 35.9 Å². The zero-order valence-corrected chi connectivity index (χ0v) is 11.6. The molecule has 0 unspecified atom stereocenters. The zero-order chi connectivity index (χ0) is 13.8. The fourth-order valence-electron chi connectivity index (χ4n) is 1.94. The Hall–Kier alpha value is -1.94. The molecule has 2 rings (SSSR count). The highest BCUT2D eigenvalue weighted by molar-refractivity contribution is 5.66. The number of nitrogens with two attached hydrogens (primary N) is 1. The molecule has 0 amide bonds. The Morgan fingerprint density at radius 1 is 1.21 bits per heavy atom. The van der Waals surface area contributed by atoms with Gasteiger partial charge < -0.3 is 10.5 Å². The van der Waals surface area contributed by atoms with Gasteiger partial charge in [0.15, 0.2) is 5.82 Å². The van der Waals surface area contributed by atoms with Crippen molar-refractivity contribution in [3.8, 4) is 11.3 Å². The third kappa shape index (κ3) is 3.09. The molecule has 4 nitrogen and oxygen atoms in total. The average Bonchev–Trinajstić information content (AvgIpc) is 2.39. The predicted molar refractivity (Wildman–Crippen MR) is 76.7 cm³/mol. The van der Waals surface area contributed by atoms with Crippen molar-refractivity contribution in [3.05, 3.63) is 41.2 Å². The molecule has 1 aromatic carbocycles. The van der Waals surface area contributed by atoms with E-state index in [1.54, 1.807) is 6.07 Å². The second kappa shape index (κ2) is 5.80. The first-order chi connectivity index (χ1) is 9.11. The molecule has 0 aliphatic carbocycles. The van der Waals surface area contributed by atoms with E-state index in [4.69, 9.17) is 10.5 Å². The monoisotopic (exact) mass is 257 g/mol. The molecule has 0 fully saturated rings. The Labute approximate surface area is 113 Å². The lowest BCUT2D eigenvalue weighted by atomic mass is 10.0. The molecule has 1 heterocycles. The van der Waals surface area contributed by atoms with Gasteiger partial charge in [-0.2, -0.15) is 0 Å². The normalized spacial score (nSPS) is 10.7. The first kappa shape index (κ1) is 13.5.